The largest absolute Gasteiger partial charge is 0.324 e. The molecule has 6 heteroatoms. The molecule has 0 aliphatic heterocycles. The van der Waals surface area contributed by atoms with Crippen LogP contribution in [0.1, 0.15) is 17.0 Å². The molecule has 0 spiro atoms. The molecular weight excluding hydrogens is 298 g/mol. The van der Waals surface area contributed by atoms with Crippen LogP contribution in [-0.2, 0) is 0 Å². The molecule has 112 valence electrons. The molecule has 0 bridgehead atoms. The summed E-state index contributed by atoms with van der Waals surface area (Å²) < 4.78 is 1.71. The lowest BCUT2D eigenvalue weighted by Crippen LogP contribution is -2.06. The highest BCUT2D eigenvalue weighted by Gasteiger charge is 2.09. The predicted octanol–water partition coefficient (Wildman–Crippen LogP) is 3.98. The van der Waals surface area contributed by atoms with E-state index in [1.54, 1.807) is 10.7 Å². The van der Waals surface area contributed by atoms with E-state index in [-0.39, 0.29) is 0 Å². The molecule has 0 radical (unpaired) electrons. The molecule has 2 aromatic heterocycles. The number of rotatable bonds is 3. The van der Waals surface area contributed by atoms with Crippen LogP contribution in [0, 0.1) is 20.8 Å². The molecule has 0 amide bonds. The third kappa shape index (κ3) is 3.09. The highest BCUT2D eigenvalue weighted by atomic mass is 35.5. The summed E-state index contributed by atoms with van der Waals surface area (Å²) in [6.45, 7) is 5.91. The topological polar surface area (TPSA) is 55.6 Å². The number of aryl methyl sites for hydroxylation is 3. The standard InChI is InChI=1S/C16H16ClN5/c1-10-4-6-13(7-5-10)19-16-18-11(2)8-15(20-16)22-12(3)9-14(17)21-22/h4-9H,1-3H3,(H,18,19,20). The van der Waals surface area contributed by atoms with Gasteiger partial charge in [0.2, 0.25) is 5.95 Å². The number of nitrogens with one attached hydrogen (secondary N) is 1. The SMILES string of the molecule is Cc1ccc(Nc2nc(C)cc(-n3nc(Cl)cc3C)n2)cc1. The normalized spacial score (nSPS) is 10.7. The van der Waals surface area contributed by atoms with E-state index in [9.17, 15) is 0 Å². The summed E-state index contributed by atoms with van der Waals surface area (Å²) in [4.78, 5) is 8.93. The van der Waals surface area contributed by atoms with E-state index in [1.165, 1.54) is 5.56 Å². The van der Waals surface area contributed by atoms with Gasteiger partial charge in [0.15, 0.2) is 11.0 Å². The van der Waals surface area contributed by atoms with Crippen molar-refractivity contribution in [1.82, 2.24) is 19.7 Å². The Bertz CT molecular complexity index is 808. The van der Waals surface area contributed by atoms with Gasteiger partial charge in [-0.2, -0.15) is 10.1 Å². The van der Waals surface area contributed by atoms with E-state index >= 15 is 0 Å². The van der Waals surface area contributed by atoms with Gasteiger partial charge < -0.3 is 5.32 Å². The summed E-state index contributed by atoms with van der Waals surface area (Å²) >= 11 is 5.95. The minimum atomic E-state index is 0.446. The van der Waals surface area contributed by atoms with Crippen LogP contribution in [0.15, 0.2) is 36.4 Å². The third-order valence-electron chi connectivity index (χ3n) is 3.22. The monoisotopic (exact) mass is 313 g/mol. The fourth-order valence-corrected chi connectivity index (χ4v) is 2.38. The van der Waals surface area contributed by atoms with Crippen molar-refractivity contribution >= 4 is 23.2 Å². The summed E-state index contributed by atoms with van der Waals surface area (Å²) in [6.07, 6.45) is 0. The second-order valence-electron chi connectivity index (χ2n) is 5.20. The van der Waals surface area contributed by atoms with Crippen molar-refractivity contribution in [3.8, 4) is 5.82 Å². The number of nitrogens with zero attached hydrogens (tertiary/aromatic N) is 4. The van der Waals surface area contributed by atoms with E-state index in [0.29, 0.717) is 16.9 Å². The first-order chi connectivity index (χ1) is 10.5. The first kappa shape index (κ1) is 14.5. The molecular formula is C16H16ClN5. The summed E-state index contributed by atoms with van der Waals surface area (Å²) in [5.41, 5.74) is 3.92. The Morgan fingerprint density at radius 1 is 1.00 bits per heavy atom. The molecule has 1 aromatic carbocycles. The molecule has 1 N–H and O–H groups in total. The Balaban J connectivity index is 1.96. The smallest absolute Gasteiger partial charge is 0.229 e. The molecule has 5 nitrogen and oxygen atoms in total. The van der Waals surface area contributed by atoms with E-state index in [2.05, 4.69) is 27.3 Å². The number of hydrogen-bond acceptors (Lipinski definition) is 4. The number of benzene rings is 1. The number of hydrogen-bond donors (Lipinski definition) is 1. The predicted molar refractivity (Wildman–Crippen MR) is 88.1 cm³/mol. The van der Waals surface area contributed by atoms with Gasteiger partial charge >= 0.3 is 0 Å². The van der Waals surface area contributed by atoms with Crippen molar-refractivity contribution in [2.75, 3.05) is 5.32 Å². The highest BCUT2D eigenvalue weighted by molar-refractivity contribution is 6.29. The van der Waals surface area contributed by atoms with Crippen molar-refractivity contribution in [2.45, 2.75) is 20.8 Å². The molecule has 0 saturated carbocycles. The van der Waals surface area contributed by atoms with Gasteiger partial charge in [0.1, 0.15) is 0 Å². The van der Waals surface area contributed by atoms with Crippen LogP contribution in [0.5, 0.6) is 0 Å². The van der Waals surface area contributed by atoms with Crippen LogP contribution < -0.4 is 5.32 Å². The Labute approximate surface area is 134 Å². The van der Waals surface area contributed by atoms with Crippen LogP contribution in [0.25, 0.3) is 5.82 Å². The summed E-state index contributed by atoms with van der Waals surface area (Å²) in [5, 5.41) is 7.90. The molecule has 0 aliphatic carbocycles. The Kier molecular flexibility index (Phi) is 3.81. The van der Waals surface area contributed by atoms with Gasteiger partial charge in [-0.1, -0.05) is 29.3 Å². The molecule has 3 aromatic rings. The van der Waals surface area contributed by atoms with E-state index in [0.717, 1.165) is 17.1 Å². The molecule has 0 atom stereocenters. The molecule has 0 fully saturated rings. The summed E-state index contributed by atoms with van der Waals surface area (Å²) in [7, 11) is 0. The van der Waals surface area contributed by atoms with Crippen LogP contribution in [-0.4, -0.2) is 19.7 Å². The van der Waals surface area contributed by atoms with Gasteiger partial charge in [0.25, 0.3) is 0 Å². The minimum absolute atomic E-state index is 0.446. The van der Waals surface area contributed by atoms with E-state index < -0.39 is 0 Å². The first-order valence-electron chi connectivity index (χ1n) is 6.93. The van der Waals surface area contributed by atoms with Crippen molar-refractivity contribution in [1.29, 1.82) is 0 Å². The van der Waals surface area contributed by atoms with E-state index in [4.69, 9.17) is 11.6 Å². The zero-order valence-electron chi connectivity index (χ0n) is 12.6. The zero-order chi connectivity index (χ0) is 15.7. The maximum absolute atomic E-state index is 5.95. The lowest BCUT2D eigenvalue weighted by Gasteiger charge is -2.09. The summed E-state index contributed by atoms with van der Waals surface area (Å²) in [6, 6.07) is 11.7. The lowest BCUT2D eigenvalue weighted by molar-refractivity contribution is 0.810. The van der Waals surface area contributed by atoms with Crippen LogP contribution >= 0.6 is 11.6 Å². The minimum Gasteiger partial charge on any atom is -0.324 e. The average Bonchev–Trinajstić information content (AvgIpc) is 2.80. The number of anilines is 2. The molecule has 0 saturated heterocycles. The third-order valence-corrected chi connectivity index (χ3v) is 3.41. The molecule has 22 heavy (non-hydrogen) atoms. The maximum atomic E-state index is 5.95. The zero-order valence-corrected chi connectivity index (χ0v) is 13.4. The lowest BCUT2D eigenvalue weighted by atomic mass is 10.2. The second-order valence-corrected chi connectivity index (χ2v) is 5.59. The molecule has 0 aliphatic rings. The highest BCUT2D eigenvalue weighted by Crippen LogP contribution is 2.18. The fourth-order valence-electron chi connectivity index (χ4n) is 2.15. The Morgan fingerprint density at radius 2 is 1.73 bits per heavy atom. The van der Waals surface area contributed by atoms with Gasteiger partial charge in [0.05, 0.1) is 0 Å². The van der Waals surface area contributed by atoms with Crippen molar-refractivity contribution in [2.24, 2.45) is 0 Å². The van der Waals surface area contributed by atoms with Crippen molar-refractivity contribution in [3.05, 3.63) is 58.5 Å². The molecule has 3 rings (SSSR count). The van der Waals surface area contributed by atoms with Gasteiger partial charge in [0, 0.05) is 23.1 Å². The van der Waals surface area contributed by atoms with Gasteiger partial charge in [-0.3, -0.25) is 0 Å². The first-order valence-corrected chi connectivity index (χ1v) is 7.31. The molecule has 2 heterocycles. The van der Waals surface area contributed by atoms with Gasteiger partial charge in [-0.25, -0.2) is 9.67 Å². The number of aromatic nitrogens is 4. The Hall–Kier alpha value is -2.40. The van der Waals surface area contributed by atoms with Crippen LogP contribution in [0.3, 0.4) is 0 Å². The Morgan fingerprint density at radius 3 is 2.36 bits per heavy atom. The van der Waals surface area contributed by atoms with Crippen LogP contribution in [0.2, 0.25) is 5.15 Å². The average molecular weight is 314 g/mol. The van der Waals surface area contributed by atoms with Gasteiger partial charge in [-0.05, 0) is 39.0 Å². The maximum Gasteiger partial charge on any atom is 0.229 e. The summed E-state index contributed by atoms with van der Waals surface area (Å²) in [5.74, 6) is 1.22. The van der Waals surface area contributed by atoms with Crippen molar-refractivity contribution < 1.29 is 0 Å². The van der Waals surface area contributed by atoms with E-state index in [1.807, 2.05) is 44.2 Å². The van der Waals surface area contributed by atoms with Crippen molar-refractivity contribution in [3.63, 3.8) is 0 Å². The second kappa shape index (κ2) is 5.77. The molecule has 0 unspecified atom stereocenters. The van der Waals surface area contributed by atoms with Crippen LogP contribution in [0.4, 0.5) is 11.6 Å². The fraction of sp³-hybridized carbons (Fsp3) is 0.188. The number of halogens is 1. The quantitative estimate of drug-likeness (QED) is 0.794. The van der Waals surface area contributed by atoms with Gasteiger partial charge in [-0.15, -0.1) is 0 Å².